The van der Waals surface area contributed by atoms with Crippen LogP contribution in [0.3, 0.4) is 0 Å². The van der Waals surface area contributed by atoms with Gasteiger partial charge in [-0.2, -0.15) is 4.31 Å². The van der Waals surface area contributed by atoms with Crippen molar-refractivity contribution in [3.05, 3.63) is 28.8 Å². The predicted octanol–water partition coefficient (Wildman–Crippen LogP) is 3.95. The molecule has 4 rings (SSSR count). The normalized spacial score (nSPS) is 28.6. The van der Waals surface area contributed by atoms with Crippen molar-refractivity contribution in [2.75, 3.05) is 13.1 Å². The molecule has 2 saturated carbocycles. The summed E-state index contributed by atoms with van der Waals surface area (Å²) in [6.07, 6.45) is 6.49. The lowest BCUT2D eigenvalue weighted by Crippen LogP contribution is -2.47. The second kappa shape index (κ2) is 8.27. The van der Waals surface area contributed by atoms with Gasteiger partial charge >= 0.3 is 0 Å². The number of hydrogen-bond donors (Lipinski definition) is 1. The Hall–Kier alpha value is -1.40. The highest BCUT2D eigenvalue weighted by molar-refractivity contribution is 7.89. The van der Waals surface area contributed by atoms with Crippen molar-refractivity contribution < 1.29 is 13.2 Å². The lowest BCUT2D eigenvalue weighted by Gasteiger charge is -2.33. The zero-order chi connectivity index (χ0) is 21.6. The fraction of sp³-hybridized carbons (Fsp3) is 0.708. The summed E-state index contributed by atoms with van der Waals surface area (Å²) in [6, 6.07) is 4.08. The first-order chi connectivity index (χ1) is 14.2. The minimum Gasteiger partial charge on any atom is -0.353 e. The first-order valence-corrected chi connectivity index (χ1v) is 13.0. The number of fused-ring (bicyclic) bond motifs is 2. The van der Waals surface area contributed by atoms with E-state index >= 15 is 0 Å². The van der Waals surface area contributed by atoms with Gasteiger partial charge in [-0.15, -0.1) is 0 Å². The molecule has 4 atom stereocenters. The van der Waals surface area contributed by atoms with Crippen molar-refractivity contribution >= 4 is 15.9 Å². The standard InChI is InChI=1S/C24H36N2O3S/c1-15-11-16(2)23(17(3)12-15)30(28,29)26-9-7-20(8-10-26)24(27)25-18(4)22-14-19-5-6-21(22)13-19/h11-12,18-22H,5-10,13-14H2,1-4H3,(H,25,27)/t18-,19-,21+,22-/m0/s1. The van der Waals surface area contributed by atoms with E-state index in [2.05, 4.69) is 12.2 Å². The van der Waals surface area contributed by atoms with Crippen LogP contribution in [0.4, 0.5) is 0 Å². The van der Waals surface area contributed by atoms with Gasteiger partial charge in [-0.3, -0.25) is 4.79 Å². The van der Waals surface area contributed by atoms with Crippen LogP contribution >= 0.6 is 0 Å². The molecule has 3 fully saturated rings. The number of carbonyl (C=O) groups is 1. The van der Waals surface area contributed by atoms with Gasteiger partial charge < -0.3 is 5.32 Å². The number of carbonyl (C=O) groups excluding carboxylic acids is 1. The zero-order valence-corrected chi connectivity index (χ0v) is 19.6. The number of benzene rings is 1. The Morgan fingerprint density at radius 3 is 2.20 bits per heavy atom. The van der Waals surface area contributed by atoms with Crippen LogP contribution < -0.4 is 5.32 Å². The van der Waals surface area contributed by atoms with Crippen LogP contribution in [0.25, 0.3) is 0 Å². The van der Waals surface area contributed by atoms with Gasteiger partial charge in [0.1, 0.15) is 0 Å². The molecule has 3 aliphatic rings. The molecule has 30 heavy (non-hydrogen) atoms. The molecule has 0 aromatic heterocycles. The van der Waals surface area contributed by atoms with Crippen molar-refractivity contribution in [2.24, 2.45) is 23.7 Å². The molecule has 0 unspecified atom stereocenters. The van der Waals surface area contributed by atoms with E-state index in [4.69, 9.17) is 0 Å². The average Bonchev–Trinajstić information content (AvgIpc) is 3.30. The fourth-order valence-electron chi connectivity index (χ4n) is 6.42. The van der Waals surface area contributed by atoms with Gasteiger partial charge in [-0.05, 0) is 88.7 Å². The lowest BCUT2D eigenvalue weighted by atomic mass is 9.83. The third kappa shape index (κ3) is 4.05. The van der Waals surface area contributed by atoms with Crippen molar-refractivity contribution in [1.29, 1.82) is 0 Å². The van der Waals surface area contributed by atoms with Gasteiger partial charge in [0, 0.05) is 25.0 Å². The van der Waals surface area contributed by atoms with Crippen molar-refractivity contribution in [2.45, 2.75) is 77.2 Å². The van der Waals surface area contributed by atoms with E-state index < -0.39 is 10.0 Å². The number of piperidine rings is 1. The third-order valence-corrected chi connectivity index (χ3v) is 10.0. The molecule has 1 aromatic rings. The highest BCUT2D eigenvalue weighted by atomic mass is 32.2. The molecule has 0 radical (unpaired) electrons. The van der Waals surface area contributed by atoms with E-state index in [1.54, 1.807) is 4.31 Å². The average molecular weight is 433 g/mol. The summed E-state index contributed by atoms with van der Waals surface area (Å²) in [5, 5.41) is 3.28. The molecule has 1 saturated heterocycles. The quantitative estimate of drug-likeness (QED) is 0.766. The summed E-state index contributed by atoms with van der Waals surface area (Å²) in [4.78, 5) is 13.3. The Balaban J connectivity index is 1.36. The minimum atomic E-state index is -3.53. The molecular formula is C24H36N2O3S. The molecule has 1 amide bonds. The molecule has 1 aromatic carbocycles. The van der Waals surface area contributed by atoms with Crippen LogP contribution in [0.5, 0.6) is 0 Å². The van der Waals surface area contributed by atoms with Crippen LogP contribution in [0.2, 0.25) is 0 Å². The molecule has 166 valence electrons. The number of amides is 1. The second-order valence-electron chi connectivity index (χ2n) is 10.0. The van der Waals surface area contributed by atoms with Crippen molar-refractivity contribution in [1.82, 2.24) is 9.62 Å². The third-order valence-electron chi connectivity index (χ3n) is 7.83. The maximum absolute atomic E-state index is 13.3. The summed E-state index contributed by atoms with van der Waals surface area (Å²) < 4.78 is 28.1. The molecule has 6 heteroatoms. The molecule has 2 aliphatic carbocycles. The van der Waals surface area contributed by atoms with Gasteiger partial charge in [0.15, 0.2) is 0 Å². The van der Waals surface area contributed by atoms with Crippen LogP contribution in [0.15, 0.2) is 17.0 Å². The predicted molar refractivity (Wildman–Crippen MR) is 119 cm³/mol. The van der Waals surface area contributed by atoms with E-state index in [-0.39, 0.29) is 17.9 Å². The van der Waals surface area contributed by atoms with E-state index in [1.165, 1.54) is 25.7 Å². The number of hydrogen-bond acceptors (Lipinski definition) is 3. The number of aryl methyl sites for hydroxylation is 3. The molecule has 0 spiro atoms. The van der Waals surface area contributed by atoms with Crippen LogP contribution in [-0.2, 0) is 14.8 Å². The SMILES string of the molecule is Cc1cc(C)c(S(=O)(=O)N2CCC(C(=O)N[C@@H](C)[C@@H]3C[C@H]4CC[C@@H]3C4)CC2)c(C)c1. The van der Waals surface area contributed by atoms with Gasteiger partial charge in [0.05, 0.1) is 4.90 Å². The highest BCUT2D eigenvalue weighted by Gasteiger charge is 2.42. The minimum absolute atomic E-state index is 0.0855. The summed E-state index contributed by atoms with van der Waals surface area (Å²) in [6.45, 7) is 8.70. The second-order valence-corrected chi connectivity index (χ2v) is 11.9. The van der Waals surface area contributed by atoms with Crippen molar-refractivity contribution in [3.63, 3.8) is 0 Å². The summed E-state index contributed by atoms with van der Waals surface area (Å²) in [5.41, 5.74) is 2.67. The molecule has 5 nitrogen and oxygen atoms in total. The Morgan fingerprint density at radius 2 is 1.67 bits per heavy atom. The summed E-state index contributed by atoms with van der Waals surface area (Å²) in [7, 11) is -3.53. The number of sulfonamides is 1. The van der Waals surface area contributed by atoms with Gasteiger partial charge in [0.25, 0.3) is 0 Å². The van der Waals surface area contributed by atoms with Crippen LogP contribution in [0.1, 0.15) is 62.1 Å². The summed E-state index contributed by atoms with van der Waals surface area (Å²) >= 11 is 0. The summed E-state index contributed by atoms with van der Waals surface area (Å²) in [5.74, 6) is 2.32. The van der Waals surface area contributed by atoms with E-state index in [9.17, 15) is 13.2 Å². The fourth-order valence-corrected chi connectivity index (χ4v) is 8.30. The number of nitrogens with one attached hydrogen (secondary N) is 1. The van der Waals surface area contributed by atoms with E-state index in [0.717, 1.165) is 28.5 Å². The van der Waals surface area contributed by atoms with E-state index in [0.29, 0.717) is 36.7 Å². The number of nitrogens with zero attached hydrogens (tertiary/aromatic N) is 1. The maximum Gasteiger partial charge on any atom is 0.243 e. The van der Waals surface area contributed by atoms with Gasteiger partial charge in [-0.1, -0.05) is 24.1 Å². The first-order valence-electron chi connectivity index (χ1n) is 11.5. The molecule has 1 N–H and O–H groups in total. The van der Waals surface area contributed by atoms with Crippen LogP contribution in [0, 0.1) is 44.4 Å². The molecule has 2 bridgehead atoms. The molecule has 1 aliphatic heterocycles. The number of rotatable bonds is 5. The zero-order valence-electron chi connectivity index (χ0n) is 18.8. The lowest BCUT2D eigenvalue weighted by molar-refractivity contribution is -0.127. The van der Waals surface area contributed by atoms with Gasteiger partial charge in [0.2, 0.25) is 15.9 Å². The monoisotopic (exact) mass is 432 g/mol. The Morgan fingerprint density at radius 1 is 1.03 bits per heavy atom. The van der Waals surface area contributed by atoms with Crippen LogP contribution in [-0.4, -0.2) is 37.8 Å². The molecular weight excluding hydrogens is 396 g/mol. The Labute approximate surface area is 181 Å². The maximum atomic E-state index is 13.3. The largest absolute Gasteiger partial charge is 0.353 e. The smallest absolute Gasteiger partial charge is 0.243 e. The van der Waals surface area contributed by atoms with Crippen molar-refractivity contribution in [3.8, 4) is 0 Å². The topological polar surface area (TPSA) is 66.5 Å². The molecule has 1 heterocycles. The Kier molecular flexibility index (Phi) is 6.01. The Bertz CT molecular complexity index is 895. The van der Waals surface area contributed by atoms with E-state index in [1.807, 2.05) is 32.9 Å². The van der Waals surface area contributed by atoms with Gasteiger partial charge in [-0.25, -0.2) is 8.42 Å². The highest BCUT2D eigenvalue weighted by Crippen LogP contribution is 2.49. The first kappa shape index (κ1) is 21.8.